The SMILES string of the molecule is CCCCCCCC(=O)N1CCN(c2cccc(C(F)(F)F)c2)CC1. The molecule has 6 heteroatoms. The summed E-state index contributed by atoms with van der Waals surface area (Å²) in [5, 5.41) is 0. The third-order valence-corrected chi connectivity index (χ3v) is 4.67. The van der Waals surface area contributed by atoms with Gasteiger partial charge in [0.15, 0.2) is 0 Å². The summed E-state index contributed by atoms with van der Waals surface area (Å²) < 4.78 is 38.5. The quantitative estimate of drug-likeness (QED) is 0.660. The molecule has 1 aromatic carbocycles. The lowest BCUT2D eigenvalue weighted by Crippen LogP contribution is -2.48. The second-order valence-corrected chi connectivity index (χ2v) is 6.58. The van der Waals surface area contributed by atoms with Gasteiger partial charge >= 0.3 is 6.18 Å². The molecule has 0 unspecified atom stereocenters. The van der Waals surface area contributed by atoms with Gasteiger partial charge in [0.05, 0.1) is 5.56 Å². The first kappa shape index (κ1) is 19.6. The van der Waals surface area contributed by atoms with E-state index in [2.05, 4.69) is 6.92 Å². The number of alkyl halides is 3. The van der Waals surface area contributed by atoms with Gasteiger partial charge in [0.1, 0.15) is 0 Å². The number of unbranched alkanes of at least 4 members (excludes halogenated alkanes) is 4. The number of piperazine rings is 1. The topological polar surface area (TPSA) is 23.6 Å². The summed E-state index contributed by atoms with van der Waals surface area (Å²) in [7, 11) is 0. The fourth-order valence-electron chi connectivity index (χ4n) is 3.13. The van der Waals surface area contributed by atoms with Gasteiger partial charge < -0.3 is 9.80 Å². The van der Waals surface area contributed by atoms with Crippen molar-refractivity contribution < 1.29 is 18.0 Å². The van der Waals surface area contributed by atoms with Crippen molar-refractivity contribution in [3.8, 4) is 0 Å². The Morgan fingerprint density at radius 3 is 2.36 bits per heavy atom. The van der Waals surface area contributed by atoms with Crippen LogP contribution >= 0.6 is 0 Å². The van der Waals surface area contributed by atoms with Crippen LogP contribution in [0.2, 0.25) is 0 Å². The van der Waals surface area contributed by atoms with Gasteiger partial charge in [0, 0.05) is 38.3 Å². The zero-order chi connectivity index (χ0) is 18.3. The minimum absolute atomic E-state index is 0.167. The number of amides is 1. The maximum absolute atomic E-state index is 12.8. The Bertz CT molecular complexity index is 552. The zero-order valence-electron chi connectivity index (χ0n) is 14.8. The molecule has 140 valence electrons. The monoisotopic (exact) mass is 356 g/mol. The Hall–Kier alpha value is -1.72. The summed E-state index contributed by atoms with van der Waals surface area (Å²) in [5.41, 5.74) is -0.0583. The Kier molecular flexibility index (Phi) is 7.14. The molecule has 0 atom stereocenters. The van der Waals surface area contributed by atoms with Gasteiger partial charge in [-0.15, -0.1) is 0 Å². The van der Waals surface area contributed by atoms with Crippen molar-refractivity contribution in [3.05, 3.63) is 29.8 Å². The van der Waals surface area contributed by atoms with Gasteiger partial charge in [0.2, 0.25) is 5.91 Å². The minimum Gasteiger partial charge on any atom is -0.368 e. The second kappa shape index (κ2) is 9.11. The summed E-state index contributed by atoms with van der Waals surface area (Å²) in [6.45, 7) is 4.45. The predicted molar refractivity (Wildman–Crippen MR) is 93.6 cm³/mol. The van der Waals surface area contributed by atoms with Crippen LogP contribution in [0.25, 0.3) is 0 Å². The molecular weight excluding hydrogens is 329 g/mol. The third kappa shape index (κ3) is 5.94. The number of carbonyl (C=O) groups is 1. The summed E-state index contributed by atoms with van der Waals surface area (Å²) in [5.74, 6) is 0.167. The van der Waals surface area contributed by atoms with E-state index in [0.717, 1.165) is 18.9 Å². The molecular formula is C19H27F3N2O. The van der Waals surface area contributed by atoms with Crippen molar-refractivity contribution in [1.82, 2.24) is 4.90 Å². The highest BCUT2D eigenvalue weighted by Gasteiger charge is 2.31. The van der Waals surface area contributed by atoms with Gasteiger partial charge in [-0.1, -0.05) is 38.7 Å². The van der Waals surface area contributed by atoms with E-state index in [-0.39, 0.29) is 5.91 Å². The molecule has 1 fully saturated rings. The Morgan fingerprint density at radius 1 is 1.04 bits per heavy atom. The maximum atomic E-state index is 12.8. The average Bonchev–Trinajstić information content (AvgIpc) is 2.61. The van der Waals surface area contributed by atoms with Crippen LogP contribution in [0.5, 0.6) is 0 Å². The zero-order valence-corrected chi connectivity index (χ0v) is 14.8. The van der Waals surface area contributed by atoms with E-state index < -0.39 is 11.7 Å². The molecule has 25 heavy (non-hydrogen) atoms. The molecule has 0 radical (unpaired) electrons. The lowest BCUT2D eigenvalue weighted by molar-refractivity contribution is -0.137. The number of halogens is 3. The first-order valence-corrected chi connectivity index (χ1v) is 9.12. The van der Waals surface area contributed by atoms with Crippen molar-refractivity contribution in [2.75, 3.05) is 31.1 Å². The van der Waals surface area contributed by atoms with E-state index in [1.165, 1.54) is 31.4 Å². The molecule has 3 nitrogen and oxygen atoms in total. The largest absolute Gasteiger partial charge is 0.416 e. The van der Waals surface area contributed by atoms with Crippen LogP contribution in [0.4, 0.5) is 18.9 Å². The van der Waals surface area contributed by atoms with Gasteiger partial charge in [-0.25, -0.2) is 0 Å². The summed E-state index contributed by atoms with van der Waals surface area (Å²) in [6, 6.07) is 5.40. The number of carbonyl (C=O) groups excluding carboxylic acids is 1. The molecule has 0 spiro atoms. The van der Waals surface area contributed by atoms with Crippen LogP contribution in [0.15, 0.2) is 24.3 Å². The maximum Gasteiger partial charge on any atom is 0.416 e. The van der Waals surface area contributed by atoms with E-state index in [1.807, 2.05) is 9.80 Å². The highest BCUT2D eigenvalue weighted by molar-refractivity contribution is 5.76. The Labute approximate surface area is 147 Å². The van der Waals surface area contributed by atoms with E-state index in [0.29, 0.717) is 38.3 Å². The molecule has 1 aliphatic rings. The average molecular weight is 356 g/mol. The molecule has 1 aliphatic heterocycles. The first-order chi connectivity index (χ1) is 11.9. The number of hydrogen-bond acceptors (Lipinski definition) is 2. The fourth-order valence-corrected chi connectivity index (χ4v) is 3.13. The van der Waals surface area contributed by atoms with Gasteiger partial charge in [-0.05, 0) is 24.6 Å². The van der Waals surface area contributed by atoms with Crippen LogP contribution in [0, 0.1) is 0 Å². The van der Waals surface area contributed by atoms with Crippen molar-refractivity contribution in [3.63, 3.8) is 0 Å². The smallest absolute Gasteiger partial charge is 0.368 e. The number of rotatable bonds is 7. The van der Waals surface area contributed by atoms with E-state index in [9.17, 15) is 18.0 Å². The summed E-state index contributed by atoms with van der Waals surface area (Å²) in [4.78, 5) is 16.0. The van der Waals surface area contributed by atoms with Crippen LogP contribution in [0.1, 0.15) is 51.0 Å². The van der Waals surface area contributed by atoms with Crippen molar-refractivity contribution in [2.24, 2.45) is 0 Å². The summed E-state index contributed by atoms with van der Waals surface area (Å²) in [6.07, 6.45) is 1.83. The third-order valence-electron chi connectivity index (χ3n) is 4.67. The van der Waals surface area contributed by atoms with Crippen LogP contribution in [0.3, 0.4) is 0 Å². The van der Waals surface area contributed by atoms with Crippen LogP contribution in [-0.2, 0) is 11.0 Å². The lowest BCUT2D eigenvalue weighted by Gasteiger charge is -2.36. The van der Waals surface area contributed by atoms with E-state index in [1.54, 1.807) is 6.07 Å². The molecule has 1 heterocycles. The number of anilines is 1. The molecule has 1 amide bonds. The molecule has 0 aromatic heterocycles. The lowest BCUT2D eigenvalue weighted by atomic mass is 10.1. The second-order valence-electron chi connectivity index (χ2n) is 6.58. The number of benzene rings is 1. The van der Waals surface area contributed by atoms with Gasteiger partial charge in [-0.3, -0.25) is 4.79 Å². The van der Waals surface area contributed by atoms with Crippen molar-refractivity contribution in [1.29, 1.82) is 0 Å². The van der Waals surface area contributed by atoms with Gasteiger partial charge in [-0.2, -0.15) is 13.2 Å². The van der Waals surface area contributed by atoms with Crippen LogP contribution < -0.4 is 4.90 Å². The molecule has 2 rings (SSSR count). The Morgan fingerprint density at radius 2 is 1.72 bits per heavy atom. The van der Waals surface area contributed by atoms with Crippen molar-refractivity contribution in [2.45, 2.75) is 51.6 Å². The molecule has 1 saturated heterocycles. The van der Waals surface area contributed by atoms with Gasteiger partial charge in [0.25, 0.3) is 0 Å². The number of nitrogens with zero attached hydrogens (tertiary/aromatic N) is 2. The Balaban J connectivity index is 1.80. The first-order valence-electron chi connectivity index (χ1n) is 9.12. The molecule has 1 aromatic rings. The molecule has 0 bridgehead atoms. The fraction of sp³-hybridized carbons (Fsp3) is 0.632. The molecule has 0 saturated carbocycles. The highest BCUT2D eigenvalue weighted by Crippen LogP contribution is 2.31. The van der Waals surface area contributed by atoms with E-state index in [4.69, 9.17) is 0 Å². The summed E-state index contributed by atoms with van der Waals surface area (Å²) >= 11 is 0. The predicted octanol–water partition coefficient (Wildman–Crippen LogP) is 4.71. The molecule has 0 N–H and O–H groups in total. The normalized spacial score (nSPS) is 15.5. The highest BCUT2D eigenvalue weighted by atomic mass is 19.4. The minimum atomic E-state index is -4.33. The van der Waals surface area contributed by atoms with Crippen molar-refractivity contribution >= 4 is 11.6 Å². The van der Waals surface area contributed by atoms with Crippen LogP contribution in [-0.4, -0.2) is 37.0 Å². The number of hydrogen-bond donors (Lipinski definition) is 0. The van der Waals surface area contributed by atoms with E-state index >= 15 is 0 Å². The molecule has 0 aliphatic carbocycles. The standard InChI is InChI=1S/C19H27F3N2O/c1-2-3-4-5-6-10-18(25)24-13-11-23(12-14-24)17-9-7-8-16(15-17)19(20,21)22/h7-9,15H,2-6,10-14H2,1H3.